The summed E-state index contributed by atoms with van der Waals surface area (Å²) in [6, 6.07) is 6.13. The lowest BCUT2D eigenvalue weighted by atomic mass is 10.2. The molecule has 0 aliphatic carbocycles. The van der Waals surface area contributed by atoms with Crippen molar-refractivity contribution in [3.05, 3.63) is 48.3 Å². The lowest BCUT2D eigenvalue weighted by Gasteiger charge is -2.08. The molecule has 0 amide bonds. The molecule has 88 valence electrons. The van der Waals surface area contributed by atoms with Crippen molar-refractivity contribution >= 4 is 0 Å². The highest BCUT2D eigenvalue weighted by Crippen LogP contribution is 2.31. The SMILES string of the molecule is FC(F)(F)c1cccc(Oc2ncccn2)c1. The molecule has 0 unspecified atom stereocenters. The van der Waals surface area contributed by atoms with Crippen LogP contribution < -0.4 is 4.74 Å². The molecule has 0 saturated carbocycles. The average molecular weight is 240 g/mol. The van der Waals surface area contributed by atoms with Gasteiger partial charge in [0.25, 0.3) is 0 Å². The van der Waals surface area contributed by atoms with Crippen LogP contribution in [0.3, 0.4) is 0 Å². The molecule has 0 spiro atoms. The van der Waals surface area contributed by atoms with Crippen molar-refractivity contribution in [3.63, 3.8) is 0 Å². The van der Waals surface area contributed by atoms with Crippen molar-refractivity contribution in [3.8, 4) is 11.8 Å². The summed E-state index contributed by atoms with van der Waals surface area (Å²) < 4.78 is 42.4. The molecule has 0 fully saturated rings. The van der Waals surface area contributed by atoms with E-state index in [1.54, 1.807) is 6.07 Å². The van der Waals surface area contributed by atoms with Crippen molar-refractivity contribution < 1.29 is 17.9 Å². The molecule has 0 N–H and O–H groups in total. The molecule has 0 radical (unpaired) electrons. The van der Waals surface area contributed by atoms with Gasteiger partial charge in [-0.1, -0.05) is 6.07 Å². The molecule has 3 nitrogen and oxygen atoms in total. The zero-order valence-electron chi connectivity index (χ0n) is 8.48. The van der Waals surface area contributed by atoms with Gasteiger partial charge in [-0.2, -0.15) is 13.2 Å². The van der Waals surface area contributed by atoms with E-state index < -0.39 is 11.7 Å². The largest absolute Gasteiger partial charge is 0.424 e. The molecule has 2 aromatic rings. The maximum absolute atomic E-state index is 12.4. The molecule has 1 aromatic carbocycles. The van der Waals surface area contributed by atoms with E-state index in [1.807, 2.05) is 0 Å². The Labute approximate surface area is 94.9 Å². The first-order valence-electron chi connectivity index (χ1n) is 4.68. The molecular formula is C11H7F3N2O. The summed E-state index contributed by atoms with van der Waals surface area (Å²) >= 11 is 0. The third-order valence-corrected chi connectivity index (χ3v) is 1.91. The number of nitrogens with zero attached hydrogens (tertiary/aromatic N) is 2. The number of hydrogen-bond acceptors (Lipinski definition) is 3. The average Bonchev–Trinajstić information content (AvgIpc) is 2.29. The first-order chi connectivity index (χ1) is 8.05. The molecule has 0 aliphatic heterocycles. The van der Waals surface area contributed by atoms with E-state index in [2.05, 4.69) is 9.97 Å². The van der Waals surface area contributed by atoms with Crippen molar-refractivity contribution in [2.45, 2.75) is 6.18 Å². The van der Waals surface area contributed by atoms with Crippen LogP contribution in [0.25, 0.3) is 0 Å². The number of aromatic nitrogens is 2. The molecule has 0 saturated heterocycles. The number of halogens is 3. The fraction of sp³-hybridized carbons (Fsp3) is 0.0909. The number of hydrogen-bond donors (Lipinski definition) is 0. The zero-order valence-corrected chi connectivity index (χ0v) is 8.48. The van der Waals surface area contributed by atoms with Gasteiger partial charge in [0.15, 0.2) is 0 Å². The monoisotopic (exact) mass is 240 g/mol. The van der Waals surface area contributed by atoms with E-state index in [4.69, 9.17) is 4.74 Å². The van der Waals surface area contributed by atoms with E-state index in [-0.39, 0.29) is 11.8 Å². The maximum Gasteiger partial charge on any atom is 0.416 e. The van der Waals surface area contributed by atoms with Crippen LogP contribution in [-0.4, -0.2) is 9.97 Å². The van der Waals surface area contributed by atoms with Gasteiger partial charge < -0.3 is 4.74 Å². The first-order valence-corrected chi connectivity index (χ1v) is 4.68. The highest BCUT2D eigenvalue weighted by atomic mass is 19.4. The molecule has 6 heteroatoms. The Morgan fingerprint density at radius 3 is 2.35 bits per heavy atom. The standard InChI is InChI=1S/C11H7F3N2O/c12-11(13,14)8-3-1-4-9(7-8)17-10-15-5-2-6-16-10/h1-7H. The van der Waals surface area contributed by atoms with Crippen LogP contribution in [0.5, 0.6) is 11.8 Å². The van der Waals surface area contributed by atoms with Crippen LogP contribution in [0, 0.1) is 0 Å². The zero-order chi connectivity index (χ0) is 12.3. The minimum Gasteiger partial charge on any atom is -0.424 e. The summed E-state index contributed by atoms with van der Waals surface area (Å²) in [7, 11) is 0. The molecule has 17 heavy (non-hydrogen) atoms. The van der Waals surface area contributed by atoms with Gasteiger partial charge in [0.1, 0.15) is 5.75 Å². The van der Waals surface area contributed by atoms with Gasteiger partial charge in [-0.25, -0.2) is 9.97 Å². The van der Waals surface area contributed by atoms with Crippen LogP contribution in [-0.2, 0) is 6.18 Å². The number of rotatable bonds is 2. The second-order valence-corrected chi connectivity index (χ2v) is 3.16. The van der Waals surface area contributed by atoms with E-state index in [0.717, 1.165) is 12.1 Å². The van der Waals surface area contributed by atoms with Crippen LogP contribution in [0.1, 0.15) is 5.56 Å². The lowest BCUT2D eigenvalue weighted by Crippen LogP contribution is -2.04. The van der Waals surface area contributed by atoms with Crippen LogP contribution in [0.2, 0.25) is 0 Å². The topological polar surface area (TPSA) is 35.0 Å². The molecule has 1 heterocycles. The van der Waals surface area contributed by atoms with Gasteiger partial charge in [-0.3, -0.25) is 0 Å². The van der Waals surface area contributed by atoms with Gasteiger partial charge in [0, 0.05) is 12.4 Å². The Balaban J connectivity index is 2.23. The minimum absolute atomic E-state index is 0.00632. The highest BCUT2D eigenvalue weighted by molar-refractivity contribution is 5.31. The Hall–Kier alpha value is -2.11. The third-order valence-electron chi connectivity index (χ3n) is 1.91. The van der Waals surface area contributed by atoms with E-state index in [1.165, 1.54) is 24.5 Å². The second-order valence-electron chi connectivity index (χ2n) is 3.16. The van der Waals surface area contributed by atoms with Gasteiger partial charge in [-0.05, 0) is 24.3 Å². The number of benzene rings is 1. The van der Waals surface area contributed by atoms with Crippen molar-refractivity contribution in [1.82, 2.24) is 9.97 Å². The van der Waals surface area contributed by atoms with E-state index >= 15 is 0 Å². The minimum atomic E-state index is -4.39. The van der Waals surface area contributed by atoms with Gasteiger partial charge in [-0.15, -0.1) is 0 Å². The van der Waals surface area contributed by atoms with Gasteiger partial charge >= 0.3 is 12.2 Å². The number of alkyl halides is 3. The number of ether oxygens (including phenoxy) is 1. The van der Waals surface area contributed by atoms with Crippen molar-refractivity contribution in [1.29, 1.82) is 0 Å². The van der Waals surface area contributed by atoms with E-state index in [9.17, 15) is 13.2 Å². The predicted octanol–water partition coefficient (Wildman–Crippen LogP) is 3.29. The Morgan fingerprint density at radius 2 is 1.71 bits per heavy atom. The molecule has 0 aliphatic rings. The van der Waals surface area contributed by atoms with E-state index in [0.29, 0.717) is 0 Å². The molecule has 0 bridgehead atoms. The van der Waals surface area contributed by atoms with Crippen molar-refractivity contribution in [2.75, 3.05) is 0 Å². The smallest absolute Gasteiger partial charge is 0.416 e. The summed E-state index contributed by atoms with van der Waals surface area (Å²) in [4.78, 5) is 7.50. The fourth-order valence-electron chi connectivity index (χ4n) is 1.18. The summed E-state index contributed by atoms with van der Waals surface area (Å²) in [5.74, 6) is 0.0472. The Bertz CT molecular complexity index is 500. The maximum atomic E-state index is 12.4. The third kappa shape index (κ3) is 2.93. The Kier molecular flexibility index (Phi) is 2.95. The molecule has 1 aromatic heterocycles. The molecule has 0 atom stereocenters. The van der Waals surface area contributed by atoms with Crippen LogP contribution in [0.4, 0.5) is 13.2 Å². The van der Waals surface area contributed by atoms with Crippen LogP contribution in [0.15, 0.2) is 42.7 Å². The van der Waals surface area contributed by atoms with Crippen molar-refractivity contribution in [2.24, 2.45) is 0 Å². The van der Waals surface area contributed by atoms with Gasteiger partial charge in [0.2, 0.25) is 0 Å². The normalized spacial score (nSPS) is 11.2. The summed E-state index contributed by atoms with van der Waals surface area (Å²) in [6.45, 7) is 0. The fourth-order valence-corrected chi connectivity index (χ4v) is 1.18. The quantitative estimate of drug-likeness (QED) is 0.807. The second kappa shape index (κ2) is 4.40. The predicted molar refractivity (Wildman–Crippen MR) is 53.6 cm³/mol. The molecular weight excluding hydrogens is 233 g/mol. The van der Waals surface area contributed by atoms with Crippen LogP contribution >= 0.6 is 0 Å². The lowest BCUT2D eigenvalue weighted by molar-refractivity contribution is -0.137. The molecule has 2 rings (SSSR count). The summed E-state index contributed by atoms with van der Waals surface area (Å²) in [5.41, 5.74) is -0.772. The summed E-state index contributed by atoms with van der Waals surface area (Å²) in [5, 5.41) is 0. The summed E-state index contributed by atoms with van der Waals surface area (Å²) in [6.07, 6.45) is -1.51. The highest BCUT2D eigenvalue weighted by Gasteiger charge is 2.30. The Morgan fingerprint density at radius 1 is 1.00 bits per heavy atom. The van der Waals surface area contributed by atoms with Gasteiger partial charge in [0.05, 0.1) is 5.56 Å². The first kappa shape index (κ1) is 11.4.